The number of ether oxygens (including phenoxy) is 1. The van der Waals surface area contributed by atoms with Crippen LogP contribution in [0.4, 0.5) is 0 Å². The lowest BCUT2D eigenvalue weighted by molar-refractivity contribution is 0.0462. The number of hydrogen-bond acceptors (Lipinski definition) is 3. The van der Waals surface area contributed by atoms with Crippen LogP contribution in [0.2, 0.25) is 0 Å². The van der Waals surface area contributed by atoms with E-state index in [0.717, 1.165) is 31.9 Å². The van der Waals surface area contributed by atoms with Crippen molar-refractivity contribution >= 4 is 0 Å². The summed E-state index contributed by atoms with van der Waals surface area (Å²) in [5.74, 6) is 1.77. The van der Waals surface area contributed by atoms with Gasteiger partial charge in [-0.25, -0.2) is 0 Å². The number of hydrogen-bond donors (Lipinski definition) is 1. The van der Waals surface area contributed by atoms with Crippen LogP contribution in [0.1, 0.15) is 45.2 Å². The molecule has 3 heteroatoms. The first-order valence-corrected chi connectivity index (χ1v) is 8.41. The Bertz CT molecular complexity index is 474. The molecule has 0 amide bonds. The van der Waals surface area contributed by atoms with Crippen LogP contribution in [0.25, 0.3) is 0 Å². The maximum absolute atomic E-state index is 5.85. The first kappa shape index (κ1) is 14.9. The molecule has 1 aromatic carbocycles. The van der Waals surface area contributed by atoms with Gasteiger partial charge in [0.15, 0.2) is 0 Å². The molecule has 3 rings (SSSR count). The van der Waals surface area contributed by atoms with Crippen molar-refractivity contribution in [3.63, 3.8) is 0 Å². The summed E-state index contributed by atoms with van der Waals surface area (Å²) in [5.41, 5.74) is 1.38. The van der Waals surface area contributed by atoms with Crippen molar-refractivity contribution in [1.29, 1.82) is 0 Å². The molecule has 2 heterocycles. The molecular weight excluding hydrogens is 260 g/mol. The molecule has 3 nitrogen and oxygen atoms in total. The van der Waals surface area contributed by atoms with E-state index in [1.54, 1.807) is 0 Å². The minimum Gasteiger partial charge on any atom is -0.493 e. The fraction of sp³-hybridized carbons (Fsp3) is 0.667. The number of para-hydroxylation sites is 1. The molecule has 1 N–H and O–H groups in total. The number of nitrogens with one attached hydrogen (secondary N) is 1. The second-order valence-corrected chi connectivity index (χ2v) is 6.71. The molecule has 0 radical (unpaired) electrons. The van der Waals surface area contributed by atoms with Crippen LogP contribution in [-0.2, 0) is 0 Å². The van der Waals surface area contributed by atoms with Gasteiger partial charge in [0.25, 0.3) is 0 Å². The van der Waals surface area contributed by atoms with E-state index in [1.165, 1.54) is 12.0 Å². The number of nitrogens with zero attached hydrogens (tertiary/aromatic N) is 1. The maximum atomic E-state index is 5.85. The average Bonchev–Trinajstić information content (AvgIpc) is 2.53. The molecule has 0 bridgehead atoms. The maximum Gasteiger partial charge on any atom is 0.124 e. The Kier molecular flexibility index (Phi) is 4.51. The van der Waals surface area contributed by atoms with Gasteiger partial charge in [0.2, 0.25) is 0 Å². The highest BCUT2D eigenvalue weighted by molar-refractivity contribution is 5.37. The minimum atomic E-state index is 0.517. The van der Waals surface area contributed by atoms with Crippen molar-refractivity contribution in [2.45, 2.75) is 51.7 Å². The van der Waals surface area contributed by atoms with Gasteiger partial charge in [0.05, 0.1) is 6.61 Å². The first-order chi connectivity index (χ1) is 10.2. The first-order valence-electron chi connectivity index (χ1n) is 8.41. The highest BCUT2D eigenvalue weighted by atomic mass is 16.5. The third-order valence-corrected chi connectivity index (χ3v) is 5.10. The molecule has 0 aliphatic carbocycles. The fourth-order valence-electron chi connectivity index (χ4n) is 3.72. The van der Waals surface area contributed by atoms with Gasteiger partial charge in [-0.1, -0.05) is 39.0 Å². The van der Waals surface area contributed by atoms with E-state index < -0.39 is 0 Å². The van der Waals surface area contributed by atoms with Crippen LogP contribution in [0.5, 0.6) is 5.75 Å². The highest BCUT2D eigenvalue weighted by Crippen LogP contribution is 2.38. The lowest BCUT2D eigenvalue weighted by Crippen LogP contribution is -2.59. The van der Waals surface area contributed by atoms with E-state index in [0.29, 0.717) is 24.0 Å². The summed E-state index contributed by atoms with van der Waals surface area (Å²) < 4.78 is 5.85. The van der Waals surface area contributed by atoms with Crippen molar-refractivity contribution in [3.05, 3.63) is 29.8 Å². The number of benzene rings is 1. The fourth-order valence-corrected chi connectivity index (χ4v) is 3.72. The number of rotatable bonds is 3. The Labute approximate surface area is 128 Å². The van der Waals surface area contributed by atoms with Gasteiger partial charge in [-0.15, -0.1) is 0 Å². The van der Waals surface area contributed by atoms with Crippen LogP contribution in [0.15, 0.2) is 24.3 Å². The molecule has 1 fully saturated rings. The van der Waals surface area contributed by atoms with Gasteiger partial charge in [0, 0.05) is 43.2 Å². The van der Waals surface area contributed by atoms with E-state index >= 15 is 0 Å². The molecule has 0 aromatic heterocycles. The SMILES string of the molecule is CCC1CNC(C(C)C)CN1C1CCOc2ccccc21. The van der Waals surface area contributed by atoms with Crippen molar-refractivity contribution in [1.82, 2.24) is 10.2 Å². The Balaban J connectivity index is 1.86. The predicted molar refractivity (Wildman–Crippen MR) is 86.7 cm³/mol. The summed E-state index contributed by atoms with van der Waals surface area (Å²) in [6.45, 7) is 10.0. The van der Waals surface area contributed by atoms with Crippen LogP contribution < -0.4 is 10.1 Å². The van der Waals surface area contributed by atoms with E-state index in [1.807, 2.05) is 0 Å². The number of piperazine rings is 1. The second-order valence-electron chi connectivity index (χ2n) is 6.71. The molecule has 2 aliphatic rings. The normalized spacial score (nSPS) is 30.0. The summed E-state index contributed by atoms with van der Waals surface area (Å²) in [6.07, 6.45) is 2.32. The van der Waals surface area contributed by atoms with Gasteiger partial charge in [-0.2, -0.15) is 0 Å². The van der Waals surface area contributed by atoms with Gasteiger partial charge >= 0.3 is 0 Å². The molecular formula is C18H28N2O. The Morgan fingerprint density at radius 2 is 2.14 bits per heavy atom. The van der Waals surface area contributed by atoms with Crippen molar-refractivity contribution in [2.24, 2.45) is 5.92 Å². The molecule has 1 saturated heterocycles. The Morgan fingerprint density at radius 1 is 1.33 bits per heavy atom. The monoisotopic (exact) mass is 288 g/mol. The molecule has 3 atom stereocenters. The van der Waals surface area contributed by atoms with Gasteiger partial charge in [-0.05, 0) is 18.4 Å². The molecule has 2 aliphatic heterocycles. The zero-order chi connectivity index (χ0) is 14.8. The Hall–Kier alpha value is -1.06. The van der Waals surface area contributed by atoms with Gasteiger partial charge in [-0.3, -0.25) is 4.90 Å². The zero-order valence-electron chi connectivity index (χ0n) is 13.5. The standard InChI is InChI=1S/C18H28N2O/c1-4-14-11-19-16(13(2)3)12-20(14)17-9-10-21-18-8-6-5-7-15(17)18/h5-8,13-14,16-17,19H,4,9-12H2,1-3H3. The quantitative estimate of drug-likeness (QED) is 0.924. The van der Waals surface area contributed by atoms with Crippen molar-refractivity contribution in [3.8, 4) is 5.75 Å². The molecule has 21 heavy (non-hydrogen) atoms. The van der Waals surface area contributed by atoms with Crippen molar-refractivity contribution in [2.75, 3.05) is 19.7 Å². The topological polar surface area (TPSA) is 24.5 Å². The van der Waals surface area contributed by atoms with E-state index in [2.05, 4.69) is 55.3 Å². The molecule has 0 saturated carbocycles. The largest absolute Gasteiger partial charge is 0.493 e. The zero-order valence-corrected chi connectivity index (χ0v) is 13.5. The summed E-state index contributed by atoms with van der Waals surface area (Å²) in [4.78, 5) is 2.74. The van der Waals surface area contributed by atoms with E-state index in [9.17, 15) is 0 Å². The smallest absolute Gasteiger partial charge is 0.124 e. The van der Waals surface area contributed by atoms with E-state index in [4.69, 9.17) is 4.74 Å². The minimum absolute atomic E-state index is 0.517. The van der Waals surface area contributed by atoms with Crippen LogP contribution in [0.3, 0.4) is 0 Å². The Morgan fingerprint density at radius 3 is 2.90 bits per heavy atom. The van der Waals surface area contributed by atoms with Crippen LogP contribution in [0, 0.1) is 5.92 Å². The summed E-state index contributed by atoms with van der Waals surface area (Å²) in [7, 11) is 0. The molecule has 1 aromatic rings. The lowest BCUT2D eigenvalue weighted by atomic mass is 9.92. The summed E-state index contributed by atoms with van der Waals surface area (Å²) in [5, 5.41) is 3.74. The summed E-state index contributed by atoms with van der Waals surface area (Å²) >= 11 is 0. The van der Waals surface area contributed by atoms with Gasteiger partial charge < -0.3 is 10.1 Å². The second kappa shape index (κ2) is 6.37. The highest BCUT2D eigenvalue weighted by Gasteiger charge is 2.35. The molecule has 3 unspecified atom stereocenters. The number of fused-ring (bicyclic) bond motifs is 1. The van der Waals surface area contributed by atoms with Gasteiger partial charge in [0.1, 0.15) is 5.75 Å². The lowest BCUT2D eigenvalue weighted by Gasteiger charge is -2.47. The van der Waals surface area contributed by atoms with E-state index in [-0.39, 0.29) is 0 Å². The average molecular weight is 288 g/mol. The third-order valence-electron chi connectivity index (χ3n) is 5.10. The molecule has 0 spiro atoms. The molecule has 116 valence electrons. The van der Waals surface area contributed by atoms with Crippen LogP contribution >= 0.6 is 0 Å². The summed E-state index contributed by atoms with van der Waals surface area (Å²) in [6, 6.07) is 10.3. The third kappa shape index (κ3) is 2.95. The van der Waals surface area contributed by atoms with Crippen molar-refractivity contribution < 1.29 is 4.74 Å². The van der Waals surface area contributed by atoms with Crippen LogP contribution in [-0.4, -0.2) is 36.7 Å². The predicted octanol–water partition coefficient (Wildman–Crippen LogP) is 3.22.